The van der Waals surface area contributed by atoms with Crippen LogP contribution in [0.3, 0.4) is 0 Å². The average molecular weight is 202 g/mol. The van der Waals surface area contributed by atoms with Gasteiger partial charge in [0.05, 0.1) is 5.69 Å². The molecule has 0 radical (unpaired) electrons. The number of hydrogen-bond acceptors (Lipinski definition) is 4. The minimum absolute atomic E-state index is 0.585. The van der Waals surface area contributed by atoms with Crippen LogP contribution in [-0.4, -0.2) is 11.9 Å². The third-order valence-corrected chi connectivity index (χ3v) is 1.71. The number of nitrogens with zero attached hydrogens (tertiary/aromatic N) is 3. The number of hydrogen-bond donors (Lipinski definition) is 1. The minimum Gasteiger partial charge on any atom is -0.367 e. The van der Waals surface area contributed by atoms with Crippen molar-refractivity contribution in [3.05, 3.63) is 29.8 Å². The van der Waals surface area contributed by atoms with E-state index >= 15 is 0 Å². The summed E-state index contributed by atoms with van der Waals surface area (Å²) in [6.07, 6.45) is 0. The zero-order chi connectivity index (χ0) is 11.3. The van der Waals surface area contributed by atoms with E-state index in [1.165, 1.54) is 0 Å². The average Bonchev–Trinajstić information content (AvgIpc) is 2.21. The maximum atomic E-state index is 10.7. The van der Waals surface area contributed by atoms with Crippen molar-refractivity contribution in [1.29, 1.82) is 5.26 Å². The predicted octanol–water partition coefficient (Wildman–Crippen LogP) is 1.46. The first-order chi connectivity index (χ1) is 7.13. The van der Waals surface area contributed by atoms with Crippen LogP contribution in [0.5, 0.6) is 0 Å². The molecule has 0 aliphatic rings. The van der Waals surface area contributed by atoms with Crippen LogP contribution in [-0.2, 0) is 4.79 Å². The van der Waals surface area contributed by atoms with Gasteiger partial charge in [0.15, 0.2) is 0 Å². The van der Waals surface area contributed by atoms with Gasteiger partial charge in [-0.25, -0.2) is 0 Å². The number of aryl methyl sites for hydroxylation is 1. The smallest absolute Gasteiger partial charge is 0.258 e. The second-order valence-electron chi connectivity index (χ2n) is 2.99. The Morgan fingerprint density at radius 3 is 2.53 bits per heavy atom. The van der Waals surface area contributed by atoms with Crippen molar-refractivity contribution in [2.45, 2.75) is 13.0 Å². The Hall–Kier alpha value is -2.22. The first-order valence-corrected chi connectivity index (χ1v) is 4.30. The summed E-state index contributed by atoms with van der Waals surface area (Å²) in [5, 5.41) is 15.8. The SMILES string of the molecule is Cc1ccc(N=NC(C#N)C(N)=O)cc1. The summed E-state index contributed by atoms with van der Waals surface area (Å²) in [5.41, 5.74) is 6.60. The number of nitrogens with two attached hydrogens (primary N) is 1. The molecule has 0 aromatic heterocycles. The molecule has 0 aliphatic heterocycles. The van der Waals surface area contributed by atoms with Crippen LogP contribution in [0.15, 0.2) is 34.5 Å². The molecule has 0 aliphatic carbocycles. The summed E-state index contributed by atoms with van der Waals surface area (Å²) in [6, 6.07) is 7.64. The molecule has 76 valence electrons. The van der Waals surface area contributed by atoms with Gasteiger partial charge >= 0.3 is 0 Å². The van der Waals surface area contributed by atoms with Crippen molar-refractivity contribution in [3.8, 4) is 6.07 Å². The third kappa shape index (κ3) is 3.19. The molecule has 1 amide bonds. The number of primary amides is 1. The van der Waals surface area contributed by atoms with E-state index in [1.54, 1.807) is 18.2 Å². The highest BCUT2D eigenvalue weighted by atomic mass is 16.1. The van der Waals surface area contributed by atoms with Crippen LogP contribution in [0, 0.1) is 18.3 Å². The molecule has 0 saturated carbocycles. The van der Waals surface area contributed by atoms with Gasteiger partial charge in [-0.3, -0.25) is 4.79 Å². The van der Waals surface area contributed by atoms with E-state index in [0.29, 0.717) is 5.69 Å². The highest BCUT2D eigenvalue weighted by Gasteiger charge is 2.11. The summed E-state index contributed by atoms with van der Waals surface area (Å²) in [4.78, 5) is 10.7. The molecular weight excluding hydrogens is 192 g/mol. The molecule has 1 atom stereocenters. The van der Waals surface area contributed by atoms with Crippen LogP contribution < -0.4 is 5.73 Å². The number of nitriles is 1. The number of benzene rings is 1. The number of carbonyl (C=O) groups excluding carboxylic acids is 1. The van der Waals surface area contributed by atoms with Crippen molar-refractivity contribution in [1.82, 2.24) is 0 Å². The molecule has 5 heteroatoms. The standard InChI is InChI=1S/C10H10N4O/c1-7-2-4-8(5-3-7)13-14-9(6-11)10(12)15/h2-5,9H,1H3,(H2,12,15). The number of azo groups is 1. The van der Waals surface area contributed by atoms with Gasteiger partial charge in [-0.1, -0.05) is 17.7 Å². The topological polar surface area (TPSA) is 91.6 Å². The summed E-state index contributed by atoms with van der Waals surface area (Å²) in [5.74, 6) is -0.798. The molecule has 1 aromatic rings. The van der Waals surface area contributed by atoms with Gasteiger partial charge in [0.2, 0.25) is 6.04 Å². The van der Waals surface area contributed by atoms with Crippen LogP contribution >= 0.6 is 0 Å². The molecule has 0 fully saturated rings. The normalized spacial score (nSPS) is 12.3. The third-order valence-electron chi connectivity index (χ3n) is 1.71. The Morgan fingerprint density at radius 1 is 1.47 bits per heavy atom. The first kappa shape index (κ1) is 10.9. The number of amides is 1. The van der Waals surface area contributed by atoms with Crippen molar-refractivity contribution >= 4 is 11.6 Å². The van der Waals surface area contributed by atoms with Crippen molar-refractivity contribution in [2.24, 2.45) is 16.0 Å². The fourth-order valence-electron chi connectivity index (χ4n) is 0.882. The Labute approximate surface area is 87.2 Å². The molecule has 1 unspecified atom stereocenters. The van der Waals surface area contributed by atoms with E-state index in [0.717, 1.165) is 5.56 Å². The first-order valence-electron chi connectivity index (χ1n) is 4.30. The Balaban J connectivity index is 2.77. The van der Waals surface area contributed by atoms with Gasteiger partial charge in [0, 0.05) is 0 Å². The van der Waals surface area contributed by atoms with E-state index in [9.17, 15) is 4.79 Å². The molecule has 2 N–H and O–H groups in total. The van der Waals surface area contributed by atoms with Crippen LogP contribution in [0.1, 0.15) is 5.56 Å². The summed E-state index contributed by atoms with van der Waals surface area (Å²) >= 11 is 0. The fourth-order valence-corrected chi connectivity index (χ4v) is 0.882. The van der Waals surface area contributed by atoms with E-state index in [4.69, 9.17) is 11.0 Å². The molecule has 0 saturated heterocycles. The lowest BCUT2D eigenvalue weighted by Crippen LogP contribution is -2.24. The van der Waals surface area contributed by atoms with Crippen LogP contribution in [0.4, 0.5) is 5.69 Å². The largest absolute Gasteiger partial charge is 0.367 e. The van der Waals surface area contributed by atoms with Crippen molar-refractivity contribution < 1.29 is 4.79 Å². The molecule has 0 spiro atoms. The summed E-state index contributed by atoms with van der Waals surface area (Å²) in [6.45, 7) is 1.95. The van der Waals surface area contributed by atoms with E-state index < -0.39 is 11.9 Å². The van der Waals surface area contributed by atoms with E-state index in [-0.39, 0.29) is 0 Å². The van der Waals surface area contributed by atoms with Gasteiger partial charge in [-0.2, -0.15) is 15.5 Å². The van der Waals surface area contributed by atoms with Crippen LogP contribution in [0.25, 0.3) is 0 Å². The van der Waals surface area contributed by atoms with E-state index in [2.05, 4.69) is 10.2 Å². The second-order valence-corrected chi connectivity index (χ2v) is 2.99. The second kappa shape index (κ2) is 4.86. The molecule has 1 aromatic carbocycles. The van der Waals surface area contributed by atoms with Crippen LogP contribution in [0.2, 0.25) is 0 Å². The van der Waals surface area contributed by atoms with Gasteiger partial charge < -0.3 is 5.73 Å². The molecule has 0 bridgehead atoms. The lowest BCUT2D eigenvalue weighted by Gasteiger charge is -1.96. The van der Waals surface area contributed by atoms with Gasteiger partial charge in [-0.05, 0) is 19.1 Å². The lowest BCUT2D eigenvalue weighted by molar-refractivity contribution is -0.118. The molecule has 1 rings (SSSR count). The van der Waals surface area contributed by atoms with Gasteiger partial charge in [0.1, 0.15) is 6.07 Å². The monoisotopic (exact) mass is 202 g/mol. The van der Waals surface area contributed by atoms with E-state index in [1.807, 2.05) is 19.1 Å². The Kier molecular flexibility index (Phi) is 3.52. The molecule has 0 heterocycles. The molecule has 15 heavy (non-hydrogen) atoms. The maximum absolute atomic E-state index is 10.7. The lowest BCUT2D eigenvalue weighted by atomic mass is 10.2. The highest BCUT2D eigenvalue weighted by molar-refractivity contribution is 5.82. The maximum Gasteiger partial charge on any atom is 0.258 e. The number of rotatable bonds is 3. The zero-order valence-corrected chi connectivity index (χ0v) is 8.21. The predicted molar refractivity (Wildman–Crippen MR) is 54.3 cm³/mol. The zero-order valence-electron chi connectivity index (χ0n) is 8.21. The fraction of sp³-hybridized carbons (Fsp3) is 0.200. The van der Waals surface area contributed by atoms with Gasteiger partial charge in [0.25, 0.3) is 5.91 Å². The van der Waals surface area contributed by atoms with Gasteiger partial charge in [-0.15, -0.1) is 0 Å². The van der Waals surface area contributed by atoms with Crippen molar-refractivity contribution in [3.63, 3.8) is 0 Å². The molecular formula is C10H10N4O. The summed E-state index contributed by atoms with van der Waals surface area (Å²) < 4.78 is 0. The Morgan fingerprint density at radius 2 is 2.07 bits per heavy atom. The van der Waals surface area contributed by atoms with Crippen molar-refractivity contribution in [2.75, 3.05) is 0 Å². The number of carbonyl (C=O) groups is 1. The summed E-state index contributed by atoms with van der Waals surface area (Å²) in [7, 11) is 0. The minimum atomic E-state index is -1.22. The highest BCUT2D eigenvalue weighted by Crippen LogP contribution is 2.13. The molecule has 5 nitrogen and oxygen atoms in total. The quantitative estimate of drug-likeness (QED) is 0.751. The Bertz CT molecular complexity index is 416.